The van der Waals surface area contributed by atoms with Gasteiger partial charge in [0.2, 0.25) is 0 Å². The van der Waals surface area contributed by atoms with E-state index in [0.717, 1.165) is 5.56 Å². The molecule has 0 aliphatic heterocycles. The quantitative estimate of drug-likeness (QED) is 0.681. The summed E-state index contributed by atoms with van der Waals surface area (Å²) in [5, 5.41) is 9.29. The molecular formula is C10H12O2. The molecule has 0 aliphatic rings. The second-order valence-corrected chi connectivity index (χ2v) is 2.78. The number of aryl methyl sites for hydroxylation is 1. The maximum Gasteiger partial charge on any atom is 0.162 e. The monoisotopic (exact) mass is 164 g/mol. The Kier molecular flexibility index (Phi) is 2.48. The van der Waals surface area contributed by atoms with Crippen molar-refractivity contribution in [3.05, 3.63) is 29.3 Å². The molecule has 1 N–H and O–H groups in total. The summed E-state index contributed by atoms with van der Waals surface area (Å²) in [5.74, 6) is 0.250. The molecule has 64 valence electrons. The van der Waals surface area contributed by atoms with Gasteiger partial charge in [0.05, 0.1) is 0 Å². The van der Waals surface area contributed by atoms with Crippen molar-refractivity contribution in [1.29, 1.82) is 0 Å². The maximum atomic E-state index is 11.2. The molecule has 0 aromatic heterocycles. The summed E-state index contributed by atoms with van der Waals surface area (Å²) in [7, 11) is 0. The number of phenolic OH excluding ortho intramolecular Hbond substituents is 1. The second-order valence-electron chi connectivity index (χ2n) is 2.78. The van der Waals surface area contributed by atoms with E-state index in [1.807, 2.05) is 0 Å². The highest BCUT2D eigenvalue weighted by Crippen LogP contribution is 2.18. The third-order valence-electron chi connectivity index (χ3n) is 1.85. The first-order chi connectivity index (χ1) is 5.65. The van der Waals surface area contributed by atoms with Crippen LogP contribution in [0.2, 0.25) is 0 Å². The van der Waals surface area contributed by atoms with Crippen LogP contribution < -0.4 is 0 Å². The Morgan fingerprint density at radius 1 is 1.50 bits per heavy atom. The minimum Gasteiger partial charge on any atom is -0.508 e. The fraction of sp³-hybridized carbons (Fsp3) is 0.300. The summed E-state index contributed by atoms with van der Waals surface area (Å²) in [6.45, 7) is 3.61. The van der Waals surface area contributed by atoms with E-state index in [4.69, 9.17) is 0 Å². The number of rotatable bonds is 2. The molecule has 0 bridgehead atoms. The Bertz CT molecular complexity index is 303. The normalized spacial score (nSPS) is 9.83. The lowest BCUT2D eigenvalue weighted by Crippen LogP contribution is -1.95. The van der Waals surface area contributed by atoms with Crippen LogP contribution >= 0.6 is 0 Å². The lowest BCUT2D eigenvalue weighted by atomic mass is 10.1. The molecular weight excluding hydrogens is 152 g/mol. The average Bonchev–Trinajstić information content (AvgIpc) is 2.08. The van der Waals surface area contributed by atoms with Crippen molar-refractivity contribution in [2.75, 3.05) is 0 Å². The molecule has 12 heavy (non-hydrogen) atoms. The molecule has 0 radical (unpaired) electrons. The summed E-state index contributed by atoms with van der Waals surface area (Å²) in [5.41, 5.74) is 1.38. The smallest absolute Gasteiger partial charge is 0.162 e. The molecule has 0 amide bonds. The van der Waals surface area contributed by atoms with Gasteiger partial charge in [0, 0.05) is 12.0 Å². The Hall–Kier alpha value is -1.31. The summed E-state index contributed by atoms with van der Waals surface area (Å²) in [6.07, 6.45) is 0.475. The molecule has 0 saturated carbocycles. The first-order valence-electron chi connectivity index (χ1n) is 3.98. The minimum absolute atomic E-state index is 0.0605. The van der Waals surface area contributed by atoms with E-state index in [1.54, 1.807) is 26.0 Å². The Morgan fingerprint density at radius 2 is 2.17 bits per heavy atom. The van der Waals surface area contributed by atoms with Gasteiger partial charge in [-0.3, -0.25) is 4.79 Å². The molecule has 0 atom stereocenters. The van der Waals surface area contributed by atoms with Crippen molar-refractivity contribution in [2.45, 2.75) is 20.3 Å². The number of Topliss-reactive ketones (excluding diaryl/α,β-unsaturated/α-hetero) is 1. The Labute approximate surface area is 71.8 Å². The topological polar surface area (TPSA) is 37.3 Å². The van der Waals surface area contributed by atoms with Gasteiger partial charge in [-0.1, -0.05) is 19.1 Å². The molecule has 0 fully saturated rings. The molecule has 1 rings (SSSR count). The Morgan fingerprint density at radius 3 is 2.67 bits per heavy atom. The summed E-state index contributed by atoms with van der Waals surface area (Å²) in [6, 6.07) is 5.00. The van der Waals surface area contributed by atoms with Gasteiger partial charge in [-0.05, 0) is 18.6 Å². The number of aromatic hydroxyl groups is 1. The zero-order valence-electron chi connectivity index (χ0n) is 7.29. The van der Waals surface area contributed by atoms with E-state index in [-0.39, 0.29) is 11.5 Å². The average molecular weight is 164 g/mol. The second kappa shape index (κ2) is 3.39. The number of hydrogen-bond acceptors (Lipinski definition) is 2. The van der Waals surface area contributed by atoms with Crippen LogP contribution in [0, 0.1) is 6.92 Å². The largest absolute Gasteiger partial charge is 0.508 e. The van der Waals surface area contributed by atoms with E-state index in [1.165, 1.54) is 6.07 Å². The Balaban J connectivity index is 3.05. The SMILES string of the molecule is CCC(=O)c1ccc(C)c(O)c1. The van der Waals surface area contributed by atoms with Crippen molar-refractivity contribution in [2.24, 2.45) is 0 Å². The van der Waals surface area contributed by atoms with Crippen LogP contribution in [-0.4, -0.2) is 10.9 Å². The molecule has 2 nitrogen and oxygen atoms in total. The number of hydrogen-bond donors (Lipinski definition) is 1. The van der Waals surface area contributed by atoms with E-state index < -0.39 is 0 Å². The molecule has 2 heteroatoms. The number of carbonyl (C=O) groups excluding carboxylic acids is 1. The van der Waals surface area contributed by atoms with Gasteiger partial charge in [0.15, 0.2) is 5.78 Å². The van der Waals surface area contributed by atoms with Gasteiger partial charge in [0.1, 0.15) is 5.75 Å². The lowest BCUT2D eigenvalue weighted by Gasteiger charge is -2.01. The number of phenols is 1. The summed E-state index contributed by atoms with van der Waals surface area (Å²) in [4.78, 5) is 11.2. The van der Waals surface area contributed by atoms with Gasteiger partial charge < -0.3 is 5.11 Å². The van der Waals surface area contributed by atoms with Crippen LogP contribution in [0.1, 0.15) is 29.3 Å². The number of ketones is 1. The first kappa shape index (κ1) is 8.78. The van der Waals surface area contributed by atoms with Crippen LogP contribution in [0.4, 0.5) is 0 Å². The summed E-state index contributed by atoms with van der Waals surface area (Å²) >= 11 is 0. The minimum atomic E-state index is 0.0605. The van der Waals surface area contributed by atoms with E-state index in [9.17, 15) is 9.90 Å². The van der Waals surface area contributed by atoms with Crippen LogP contribution in [0.3, 0.4) is 0 Å². The highest BCUT2D eigenvalue weighted by Gasteiger charge is 2.04. The van der Waals surface area contributed by atoms with Crippen LogP contribution in [0.5, 0.6) is 5.75 Å². The standard InChI is InChI=1S/C10H12O2/c1-3-9(11)8-5-4-7(2)10(12)6-8/h4-6,12H,3H2,1-2H3. The molecule has 0 aliphatic carbocycles. The molecule has 0 heterocycles. The predicted octanol–water partition coefficient (Wildman–Crippen LogP) is 2.29. The number of benzene rings is 1. The van der Waals surface area contributed by atoms with Gasteiger partial charge in [-0.15, -0.1) is 0 Å². The van der Waals surface area contributed by atoms with Crippen molar-refractivity contribution in [3.8, 4) is 5.75 Å². The van der Waals surface area contributed by atoms with Crippen molar-refractivity contribution < 1.29 is 9.90 Å². The number of carbonyl (C=O) groups is 1. The zero-order valence-corrected chi connectivity index (χ0v) is 7.29. The van der Waals surface area contributed by atoms with Crippen LogP contribution in [0.15, 0.2) is 18.2 Å². The maximum absolute atomic E-state index is 11.2. The van der Waals surface area contributed by atoms with E-state index in [0.29, 0.717) is 12.0 Å². The molecule has 1 aromatic carbocycles. The first-order valence-corrected chi connectivity index (χ1v) is 3.98. The highest BCUT2D eigenvalue weighted by atomic mass is 16.3. The van der Waals surface area contributed by atoms with Crippen molar-refractivity contribution >= 4 is 5.78 Å². The highest BCUT2D eigenvalue weighted by molar-refractivity contribution is 5.96. The van der Waals surface area contributed by atoms with Gasteiger partial charge in [-0.2, -0.15) is 0 Å². The molecule has 0 spiro atoms. The van der Waals surface area contributed by atoms with Crippen molar-refractivity contribution in [3.63, 3.8) is 0 Å². The van der Waals surface area contributed by atoms with Crippen LogP contribution in [0.25, 0.3) is 0 Å². The third kappa shape index (κ3) is 1.64. The third-order valence-corrected chi connectivity index (χ3v) is 1.85. The lowest BCUT2D eigenvalue weighted by molar-refractivity contribution is 0.0988. The molecule has 1 aromatic rings. The fourth-order valence-electron chi connectivity index (χ4n) is 0.987. The molecule has 0 unspecified atom stereocenters. The van der Waals surface area contributed by atoms with Gasteiger partial charge in [0.25, 0.3) is 0 Å². The van der Waals surface area contributed by atoms with Gasteiger partial charge >= 0.3 is 0 Å². The zero-order chi connectivity index (χ0) is 9.14. The van der Waals surface area contributed by atoms with E-state index >= 15 is 0 Å². The predicted molar refractivity (Wildman–Crippen MR) is 47.5 cm³/mol. The van der Waals surface area contributed by atoms with Gasteiger partial charge in [-0.25, -0.2) is 0 Å². The summed E-state index contributed by atoms with van der Waals surface area (Å²) < 4.78 is 0. The van der Waals surface area contributed by atoms with Crippen LogP contribution in [-0.2, 0) is 0 Å². The van der Waals surface area contributed by atoms with E-state index in [2.05, 4.69) is 0 Å². The fourth-order valence-corrected chi connectivity index (χ4v) is 0.987. The van der Waals surface area contributed by atoms with Crippen molar-refractivity contribution in [1.82, 2.24) is 0 Å². The molecule has 0 saturated heterocycles.